The van der Waals surface area contributed by atoms with Crippen molar-refractivity contribution in [2.45, 2.75) is 33.4 Å². The largest absolute Gasteiger partial charge is 0.494 e. The molecule has 1 fully saturated rings. The van der Waals surface area contributed by atoms with Crippen LogP contribution in [0.5, 0.6) is 5.75 Å². The first-order valence-electron chi connectivity index (χ1n) is 9.30. The van der Waals surface area contributed by atoms with E-state index in [1.165, 1.54) is 0 Å². The normalized spacial score (nSPS) is 15.6. The fraction of sp³-hybridized carbons (Fsp3) is 0.526. The zero-order chi connectivity index (χ0) is 19.2. The van der Waals surface area contributed by atoms with Gasteiger partial charge in [-0.1, -0.05) is 0 Å². The van der Waals surface area contributed by atoms with Crippen LogP contribution in [-0.2, 0) is 16.2 Å². The maximum Gasteiger partial charge on any atom is 0.309 e. The number of esters is 1. The van der Waals surface area contributed by atoms with Gasteiger partial charge in [0.25, 0.3) is 4.84 Å². The quantitative estimate of drug-likeness (QED) is 0.528. The molecule has 146 valence electrons. The lowest BCUT2D eigenvalue weighted by Gasteiger charge is -2.30. The smallest absolute Gasteiger partial charge is 0.309 e. The Morgan fingerprint density at radius 1 is 1.22 bits per heavy atom. The van der Waals surface area contributed by atoms with Gasteiger partial charge in [-0.15, -0.1) is 5.10 Å². The molecule has 0 spiro atoms. The summed E-state index contributed by atoms with van der Waals surface area (Å²) in [5.41, 5.74) is 0.851. The van der Waals surface area contributed by atoms with Crippen molar-refractivity contribution in [3.8, 4) is 17.2 Å². The van der Waals surface area contributed by atoms with E-state index < -0.39 is 0 Å². The minimum absolute atomic E-state index is 0.00843. The fourth-order valence-electron chi connectivity index (χ4n) is 3.13. The van der Waals surface area contributed by atoms with Crippen LogP contribution in [0.2, 0.25) is 0 Å². The van der Waals surface area contributed by atoms with Gasteiger partial charge in [0, 0.05) is 18.7 Å². The number of rotatable bonds is 7. The molecule has 3 rings (SSSR count). The Balaban J connectivity index is 1.61. The van der Waals surface area contributed by atoms with Crippen molar-refractivity contribution in [1.29, 1.82) is 0 Å². The summed E-state index contributed by atoms with van der Waals surface area (Å²) in [6, 6.07) is 7.58. The lowest BCUT2D eigenvalue weighted by Crippen LogP contribution is -2.38. The lowest BCUT2D eigenvalue weighted by molar-refractivity contribution is -0.149. The van der Waals surface area contributed by atoms with Crippen molar-refractivity contribution in [3.05, 3.63) is 29.1 Å². The van der Waals surface area contributed by atoms with Gasteiger partial charge in [-0.2, -0.15) is 0 Å². The van der Waals surface area contributed by atoms with Crippen LogP contribution in [0, 0.1) is 10.8 Å². The van der Waals surface area contributed by atoms with E-state index in [0.29, 0.717) is 30.6 Å². The Hall–Kier alpha value is -2.19. The molecule has 0 bridgehead atoms. The molecular formula is C19H25N3O4S. The molecule has 7 nitrogen and oxygen atoms in total. The highest BCUT2D eigenvalue weighted by molar-refractivity contribution is 7.71. The fourth-order valence-corrected chi connectivity index (χ4v) is 3.31. The van der Waals surface area contributed by atoms with Crippen molar-refractivity contribution in [1.82, 2.24) is 14.7 Å². The maximum absolute atomic E-state index is 11.8. The van der Waals surface area contributed by atoms with Crippen LogP contribution < -0.4 is 4.74 Å². The predicted octanol–water partition coefficient (Wildman–Crippen LogP) is 3.50. The van der Waals surface area contributed by atoms with Crippen molar-refractivity contribution < 1.29 is 18.7 Å². The van der Waals surface area contributed by atoms with E-state index in [-0.39, 0.29) is 11.9 Å². The van der Waals surface area contributed by atoms with Gasteiger partial charge in [0.1, 0.15) is 5.75 Å². The number of carbonyl (C=O) groups is 1. The molecule has 8 heteroatoms. The number of piperidine rings is 1. The van der Waals surface area contributed by atoms with Gasteiger partial charge in [-0.05, 0) is 63.2 Å². The minimum atomic E-state index is -0.0898. The third-order valence-corrected chi connectivity index (χ3v) is 4.85. The van der Waals surface area contributed by atoms with E-state index in [9.17, 15) is 4.79 Å². The Bertz CT molecular complexity index is 807. The third kappa shape index (κ3) is 4.95. The zero-order valence-corrected chi connectivity index (χ0v) is 16.5. The Morgan fingerprint density at radius 2 is 1.93 bits per heavy atom. The number of benzene rings is 1. The number of nitrogens with zero attached hydrogens (tertiary/aromatic N) is 3. The van der Waals surface area contributed by atoms with Gasteiger partial charge >= 0.3 is 5.97 Å². The van der Waals surface area contributed by atoms with E-state index in [4.69, 9.17) is 26.1 Å². The molecule has 0 amide bonds. The highest BCUT2D eigenvalue weighted by atomic mass is 32.1. The van der Waals surface area contributed by atoms with E-state index in [2.05, 4.69) is 10.00 Å². The molecule has 1 aliphatic heterocycles. The average molecular weight is 391 g/mol. The first-order valence-corrected chi connectivity index (χ1v) is 9.71. The van der Waals surface area contributed by atoms with E-state index in [1.54, 1.807) is 4.68 Å². The molecule has 1 aromatic heterocycles. The van der Waals surface area contributed by atoms with Gasteiger partial charge in [0.15, 0.2) is 0 Å². The monoisotopic (exact) mass is 391 g/mol. The molecule has 1 aromatic carbocycles. The summed E-state index contributed by atoms with van der Waals surface area (Å²) < 4.78 is 17.9. The van der Waals surface area contributed by atoms with Crippen LogP contribution in [0.1, 0.15) is 26.7 Å². The predicted molar refractivity (Wildman–Crippen MR) is 103 cm³/mol. The molecule has 0 unspecified atom stereocenters. The molecule has 0 atom stereocenters. The zero-order valence-electron chi connectivity index (χ0n) is 15.7. The van der Waals surface area contributed by atoms with Crippen LogP contribution >= 0.6 is 12.2 Å². The molecular weight excluding hydrogens is 366 g/mol. The van der Waals surface area contributed by atoms with Gasteiger partial charge in [0.2, 0.25) is 5.89 Å². The first-order chi connectivity index (χ1) is 13.1. The van der Waals surface area contributed by atoms with Crippen LogP contribution in [0.25, 0.3) is 11.5 Å². The summed E-state index contributed by atoms with van der Waals surface area (Å²) in [6.45, 7) is 7.00. The summed E-state index contributed by atoms with van der Waals surface area (Å²) in [7, 11) is 0. The number of hydrogen-bond donors (Lipinski definition) is 0. The molecule has 0 N–H and O–H groups in total. The minimum Gasteiger partial charge on any atom is -0.494 e. The third-order valence-electron chi connectivity index (χ3n) is 4.56. The summed E-state index contributed by atoms with van der Waals surface area (Å²) in [5, 5.41) is 4.51. The second kappa shape index (κ2) is 9.14. The van der Waals surface area contributed by atoms with E-state index in [1.807, 2.05) is 38.1 Å². The Kier molecular flexibility index (Phi) is 6.63. The lowest BCUT2D eigenvalue weighted by atomic mass is 9.97. The SMILES string of the molecule is CCOC(=O)C1CCN(Cn2nc(-c3ccc(OCC)cc3)oc2=S)CC1. The van der Waals surface area contributed by atoms with E-state index in [0.717, 1.165) is 37.2 Å². The highest BCUT2D eigenvalue weighted by Gasteiger charge is 2.26. The molecule has 0 saturated carbocycles. The van der Waals surface area contributed by atoms with Gasteiger partial charge < -0.3 is 13.9 Å². The molecule has 27 heavy (non-hydrogen) atoms. The second-order valence-corrected chi connectivity index (χ2v) is 6.77. The summed E-state index contributed by atoms with van der Waals surface area (Å²) in [4.78, 5) is 14.4. The highest BCUT2D eigenvalue weighted by Crippen LogP contribution is 2.23. The molecule has 2 aromatic rings. The standard InChI is InChI=1S/C19H25N3O4S/c1-3-24-16-7-5-14(6-8-16)17-20-22(19(27)26-17)13-21-11-9-15(10-12-21)18(23)25-4-2/h5-8,15H,3-4,9-13H2,1-2H3. The molecule has 0 aliphatic carbocycles. The van der Waals surface area contributed by atoms with Crippen LogP contribution in [-0.4, -0.2) is 47.0 Å². The topological polar surface area (TPSA) is 69.7 Å². The van der Waals surface area contributed by atoms with Crippen molar-refractivity contribution >= 4 is 18.2 Å². The molecule has 1 aliphatic rings. The summed E-state index contributed by atoms with van der Waals surface area (Å²) >= 11 is 5.32. The number of ether oxygens (including phenoxy) is 2. The molecule has 0 radical (unpaired) electrons. The van der Waals surface area contributed by atoms with Crippen molar-refractivity contribution in [2.24, 2.45) is 5.92 Å². The van der Waals surface area contributed by atoms with Gasteiger partial charge in [0.05, 0.1) is 25.8 Å². The molecule has 2 heterocycles. The second-order valence-electron chi connectivity index (χ2n) is 6.42. The number of hydrogen-bond acceptors (Lipinski definition) is 7. The average Bonchev–Trinajstić information content (AvgIpc) is 3.04. The summed E-state index contributed by atoms with van der Waals surface area (Å²) in [5.74, 6) is 1.20. The van der Waals surface area contributed by atoms with E-state index >= 15 is 0 Å². The van der Waals surface area contributed by atoms with Crippen LogP contribution in [0.4, 0.5) is 0 Å². The number of likely N-dealkylation sites (tertiary alicyclic amines) is 1. The Labute approximate surface area is 163 Å². The van der Waals surface area contributed by atoms with Crippen LogP contribution in [0.15, 0.2) is 28.7 Å². The van der Waals surface area contributed by atoms with Crippen LogP contribution in [0.3, 0.4) is 0 Å². The van der Waals surface area contributed by atoms with Crippen molar-refractivity contribution in [2.75, 3.05) is 26.3 Å². The number of aromatic nitrogens is 2. The van der Waals surface area contributed by atoms with Gasteiger partial charge in [-0.3, -0.25) is 9.69 Å². The molecule has 1 saturated heterocycles. The first kappa shape index (κ1) is 19.6. The van der Waals surface area contributed by atoms with Crippen molar-refractivity contribution in [3.63, 3.8) is 0 Å². The summed E-state index contributed by atoms with van der Waals surface area (Å²) in [6.07, 6.45) is 1.57. The van der Waals surface area contributed by atoms with Gasteiger partial charge in [-0.25, -0.2) is 4.68 Å². The number of carbonyl (C=O) groups excluding carboxylic acids is 1. The Morgan fingerprint density at radius 3 is 2.56 bits per heavy atom. The maximum atomic E-state index is 11.8.